The first-order valence-corrected chi connectivity index (χ1v) is 8.85. The predicted octanol–water partition coefficient (Wildman–Crippen LogP) is 5.14. The average Bonchev–Trinajstić information content (AvgIpc) is 3.01. The topological polar surface area (TPSA) is 63.6 Å². The predicted molar refractivity (Wildman–Crippen MR) is 104 cm³/mol. The first-order chi connectivity index (χ1) is 12.4. The van der Waals surface area contributed by atoms with Gasteiger partial charge in [-0.3, -0.25) is 0 Å². The van der Waals surface area contributed by atoms with Gasteiger partial charge >= 0.3 is 5.63 Å². The molecular weight excluding hydrogens is 328 g/mol. The Bertz CT molecular complexity index is 1030. The molecule has 1 aromatic carbocycles. The van der Waals surface area contributed by atoms with E-state index in [9.17, 15) is 9.90 Å². The van der Waals surface area contributed by atoms with Gasteiger partial charge in [-0.05, 0) is 57.7 Å². The molecule has 0 saturated heterocycles. The van der Waals surface area contributed by atoms with Gasteiger partial charge in [-0.25, -0.2) is 4.79 Å². The van der Waals surface area contributed by atoms with Crippen molar-refractivity contribution in [2.24, 2.45) is 0 Å². The molecule has 0 unspecified atom stereocenters. The standard InChI is InChI=1S/C22H24O4/c1-14(2)11-16(23)12-15(3)5-4-6-17-18-7-8-22(24)26-21(18)13-20-19(17)9-10-25-20/h5,7-11,13,16,23H,4,6,12H2,1-3H3/b15-5+/t16-/m0/s1. The van der Waals surface area contributed by atoms with Crippen LogP contribution in [0.15, 0.2) is 67.5 Å². The van der Waals surface area contributed by atoms with Crippen molar-refractivity contribution in [3.05, 3.63) is 69.8 Å². The smallest absolute Gasteiger partial charge is 0.336 e. The highest BCUT2D eigenvalue weighted by molar-refractivity contribution is 5.97. The largest absolute Gasteiger partial charge is 0.464 e. The number of allylic oxidation sites excluding steroid dienone is 2. The van der Waals surface area contributed by atoms with E-state index in [0.29, 0.717) is 12.0 Å². The first-order valence-electron chi connectivity index (χ1n) is 8.85. The van der Waals surface area contributed by atoms with Gasteiger partial charge in [0, 0.05) is 22.9 Å². The molecule has 2 heterocycles. The van der Waals surface area contributed by atoms with Crippen molar-refractivity contribution in [2.45, 2.75) is 46.1 Å². The number of aliphatic hydroxyl groups excluding tert-OH is 1. The molecule has 0 fully saturated rings. The fourth-order valence-corrected chi connectivity index (χ4v) is 3.32. The third-order valence-electron chi connectivity index (χ3n) is 4.41. The molecule has 3 aromatic rings. The summed E-state index contributed by atoms with van der Waals surface area (Å²) in [7, 11) is 0. The van der Waals surface area contributed by atoms with Crippen LogP contribution in [0.3, 0.4) is 0 Å². The third kappa shape index (κ3) is 4.14. The minimum absolute atomic E-state index is 0.363. The van der Waals surface area contributed by atoms with E-state index < -0.39 is 6.10 Å². The minimum Gasteiger partial charge on any atom is -0.464 e. The SMILES string of the molecule is CC(C)=C[C@H](O)C/C(C)=C/CCc1c2ccoc2cc2oc(=O)ccc12. The number of aliphatic hydroxyl groups is 1. The van der Waals surface area contributed by atoms with Crippen LogP contribution in [0.2, 0.25) is 0 Å². The molecule has 0 aliphatic heterocycles. The maximum absolute atomic E-state index is 11.5. The molecule has 0 spiro atoms. The molecule has 2 aromatic heterocycles. The Labute approximate surface area is 152 Å². The molecule has 136 valence electrons. The number of benzene rings is 1. The molecule has 0 saturated carbocycles. The van der Waals surface area contributed by atoms with Crippen molar-refractivity contribution in [1.82, 2.24) is 0 Å². The fraction of sp³-hybridized carbons (Fsp3) is 0.318. The minimum atomic E-state index is -0.441. The van der Waals surface area contributed by atoms with E-state index in [1.807, 2.05) is 39.0 Å². The second-order valence-corrected chi connectivity index (χ2v) is 6.96. The van der Waals surface area contributed by atoms with Gasteiger partial charge in [-0.1, -0.05) is 23.3 Å². The molecule has 4 nitrogen and oxygen atoms in total. The van der Waals surface area contributed by atoms with Gasteiger partial charge in [-0.15, -0.1) is 0 Å². The Morgan fingerprint density at radius 2 is 1.92 bits per heavy atom. The Morgan fingerprint density at radius 3 is 2.69 bits per heavy atom. The highest BCUT2D eigenvalue weighted by atomic mass is 16.4. The van der Waals surface area contributed by atoms with Crippen LogP contribution < -0.4 is 5.63 Å². The van der Waals surface area contributed by atoms with E-state index in [1.54, 1.807) is 12.3 Å². The van der Waals surface area contributed by atoms with Crippen molar-refractivity contribution in [1.29, 1.82) is 0 Å². The Hall–Kier alpha value is -2.59. The van der Waals surface area contributed by atoms with Gasteiger partial charge in [0.15, 0.2) is 0 Å². The Kier molecular flexibility index (Phi) is 5.43. The van der Waals surface area contributed by atoms with Crippen LogP contribution in [0.1, 0.15) is 39.2 Å². The molecule has 0 radical (unpaired) electrons. The number of aryl methyl sites for hydroxylation is 1. The summed E-state index contributed by atoms with van der Waals surface area (Å²) in [5, 5.41) is 12.0. The summed E-state index contributed by atoms with van der Waals surface area (Å²) in [6.45, 7) is 6.01. The van der Waals surface area contributed by atoms with Gasteiger partial charge in [0.1, 0.15) is 11.2 Å². The van der Waals surface area contributed by atoms with Crippen molar-refractivity contribution in [2.75, 3.05) is 0 Å². The van der Waals surface area contributed by atoms with Crippen LogP contribution in [0.5, 0.6) is 0 Å². The molecule has 0 aliphatic rings. The van der Waals surface area contributed by atoms with Crippen molar-refractivity contribution < 1.29 is 13.9 Å². The zero-order valence-electron chi connectivity index (χ0n) is 15.4. The lowest BCUT2D eigenvalue weighted by molar-refractivity contribution is 0.222. The quantitative estimate of drug-likeness (QED) is 0.493. The van der Waals surface area contributed by atoms with Gasteiger partial charge in [0.2, 0.25) is 0 Å². The summed E-state index contributed by atoms with van der Waals surface area (Å²) < 4.78 is 10.8. The van der Waals surface area contributed by atoms with Gasteiger partial charge in [0.05, 0.1) is 12.4 Å². The highest BCUT2D eigenvalue weighted by Crippen LogP contribution is 2.29. The molecule has 26 heavy (non-hydrogen) atoms. The zero-order valence-corrected chi connectivity index (χ0v) is 15.4. The van der Waals surface area contributed by atoms with Crippen LogP contribution in [-0.4, -0.2) is 11.2 Å². The molecule has 3 rings (SSSR count). The monoisotopic (exact) mass is 352 g/mol. The number of hydrogen-bond donors (Lipinski definition) is 1. The summed E-state index contributed by atoms with van der Waals surface area (Å²) in [6.07, 6.45) is 7.52. The van der Waals surface area contributed by atoms with E-state index in [0.717, 1.165) is 45.9 Å². The van der Waals surface area contributed by atoms with E-state index in [2.05, 4.69) is 6.08 Å². The van der Waals surface area contributed by atoms with Crippen molar-refractivity contribution >= 4 is 21.9 Å². The molecule has 1 N–H and O–H groups in total. The van der Waals surface area contributed by atoms with Gasteiger partial charge in [-0.2, -0.15) is 0 Å². The van der Waals surface area contributed by atoms with Crippen LogP contribution in [-0.2, 0) is 6.42 Å². The zero-order chi connectivity index (χ0) is 18.7. The van der Waals surface area contributed by atoms with E-state index in [4.69, 9.17) is 8.83 Å². The second-order valence-electron chi connectivity index (χ2n) is 6.96. The van der Waals surface area contributed by atoms with Crippen LogP contribution in [0, 0.1) is 0 Å². The van der Waals surface area contributed by atoms with Crippen molar-refractivity contribution in [3.63, 3.8) is 0 Å². The lowest BCUT2D eigenvalue weighted by Gasteiger charge is -2.08. The van der Waals surface area contributed by atoms with Crippen LogP contribution in [0.25, 0.3) is 21.9 Å². The maximum atomic E-state index is 11.5. The summed E-state index contributed by atoms with van der Waals surface area (Å²) in [6, 6.07) is 6.99. The summed E-state index contributed by atoms with van der Waals surface area (Å²) in [5.74, 6) is 0. The second kappa shape index (κ2) is 7.75. The number of rotatable bonds is 6. The van der Waals surface area contributed by atoms with Crippen molar-refractivity contribution in [3.8, 4) is 0 Å². The maximum Gasteiger partial charge on any atom is 0.336 e. The number of furan rings is 1. The molecule has 0 amide bonds. The van der Waals surface area contributed by atoms with E-state index in [1.165, 1.54) is 6.07 Å². The van der Waals surface area contributed by atoms with E-state index in [-0.39, 0.29) is 5.63 Å². The number of fused-ring (bicyclic) bond motifs is 2. The Balaban J connectivity index is 1.83. The average molecular weight is 352 g/mol. The van der Waals surface area contributed by atoms with Gasteiger partial charge in [0.25, 0.3) is 0 Å². The fourth-order valence-electron chi connectivity index (χ4n) is 3.32. The summed E-state index contributed by atoms with van der Waals surface area (Å²) >= 11 is 0. The van der Waals surface area contributed by atoms with Gasteiger partial charge < -0.3 is 13.9 Å². The molecule has 0 bridgehead atoms. The summed E-state index contributed by atoms with van der Waals surface area (Å²) in [5.41, 5.74) is 4.30. The molecule has 0 aliphatic carbocycles. The normalized spacial score (nSPS) is 13.3. The third-order valence-corrected chi connectivity index (χ3v) is 4.41. The number of hydrogen-bond acceptors (Lipinski definition) is 4. The lowest BCUT2D eigenvalue weighted by Crippen LogP contribution is -2.03. The van der Waals surface area contributed by atoms with Crippen LogP contribution >= 0.6 is 0 Å². The molecule has 1 atom stereocenters. The Morgan fingerprint density at radius 1 is 1.15 bits per heavy atom. The molecular formula is C22H24O4. The van der Waals surface area contributed by atoms with E-state index >= 15 is 0 Å². The van der Waals surface area contributed by atoms with Crippen LogP contribution in [0.4, 0.5) is 0 Å². The lowest BCUT2D eigenvalue weighted by atomic mass is 9.99. The summed E-state index contributed by atoms with van der Waals surface area (Å²) in [4.78, 5) is 11.5. The highest BCUT2D eigenvalue weighted by Gasteiger charge is 2.11. The molecule has 4 heteroatoms. The first kappa shape index (κ1) is 18.2.